The highest BCUT2D eigenvalue weighted by Gasteiger charge is 2.34. The number of carbonyl (C=O) groups is 3. The SMILES string of the molecule is CC(=O)Nc1cccc(C(=O)NC(C)c2ncc(C(=O)Nc3cc(C(F)(F)F)c(Cl)cn3)s2)n1. The van der Waals surface area contributed by atoms with Gasteiger partial charge in [-0.2, -0.15) is 13.2 Å². The second-order valence-electron chi connectivity index (χ2n) is 6.85. The zero-order chi connectivity index (χ0) is 25.0. The highest BCUT2D eigenvalue weighted by molar-refractivity contribution is 7.13. The van der Waals surface area contributed by atoms with Crippen LogP contribution in [0.25, 0.3) is 0 Å². The summed E-state index contributed by atoms with van der Waals surface area (Å²) in [5.74, 6) is -1.72. The Kier molecular flexibility index (Phi) is 7.47. The molecule has 0 spiro atoms. The number of nitrogens with zero attached hydrogens (tertiary/aromatic N) is 3. The van der Waals surface area contributed by atoms with Gasteiger partial charge in [0.05, 0.1) is 22.8 Å². The van der Waals surface area contributed by atoms with E-state index in [0.717, 1.165) is 17.5 Å². The minimum absolute atomic E-state index is 0.0573. The maximum atomic E-state index is 13.0. The molecule has 9 nitrogen and oxygen atoms in total. The molecule has 14 heteroatoms. The number of rotatable bonds is 6. The van der Waals surface area contributed by atoms with Crippen molar-refractivity contribution < 1.29 is 27.6 Å². The summed E-state index contributed by atoms with van der Waals surface area (Å²) in [5, 5.41) is 7.20. The Morgan fingerprint density at radius 2 is 1.79 bits per heavy atom. The van der Waals surface area contributed by atoms with Crippen molar-refractivity contribution in [3.63, 3.8) is 0 Å². The smallest absolute Gasteiger partial charge is 0.342 e. The van der Waals surface area contributed by atoms with Crippen LogP contribution in [0.5, 0.6) is 0 Å². The maximum absolute atomic E-state index is 13.0. The third-order valence-corrected chi connectivity index (χ3v) is 5.63. The van der Waals surface area contributed by atoms with Crippen LogP contribution in [-0.2, 0) is 11.0 Å². The third kappa shape index (κ3) is 6.26. The van der Waals surface area contributed by atoms with Crippen LogP contribution in [-0.4, -0.2) is 32.7 Å². The highest BCUT2D eigenvalue weighted by atomic mass is 35.5. The van der Waals surface area contributed by atoms with Crippen LogP contribution in [0.4, 0.5) is 24.8 Å². The number of anilines is 2. The topological polar surface area (TPSA) is 126 Å². The molecule has 3 N–H and O–H groups in total. The molecule has 178 valence electrons. The lowest BCUT2D eigenvalue weighted by Crippen LogP contribution is -2.27. The van der Waals surface area contributed by atoms with Gasteiger partial charge in [0.2, 0.25) is 5.91 Å². The van der Waals surface area contributed by atoms with Crippen molar-refractivity contribution in [2.45, 2.75) is 26.1 Å². The number of aromatic nitrogens is 3. The molecule has 3 amide bonds. The Morgan fingerprint density at radius 3 is 2.47 bits per heavy atom. The van der Waals surface area contributed by atoms with Gasteiger partial charge in [0.25, 0.3) is 11.8 Å². The van der Waals surface area contributed by atoms with Gasteiger partial charge in [-0.25, -0.2) is 15.0 Å². The number of hydrogen-bond acceptors (Lipinski definition) is 7. The maximum Gasteiger partial charge on any atom is 0.418 e. The van der Waals surface area contributed by atoms with Crippen molar-refractivity contribution in [1.82, 2.24) is 20.3 Å². The van der Waals surface area contributed by atoms with Gasteiger partial charge in [0.15, 0.2) is 0 Å². The number of nitrogens with one attached hydrogen (secondary N) is 3. The fraction of sp³-hybridized carbons (Fsp3) is 0.200. The molecule has 0 aliphatic carbocycles. The zero-order valence-electron chi connectivity index (χ0n) is 17.5. The molecule has 3 rings (SSSR count). The normalized spacial score (nSPS) is 12.1. The summed E-state index contributed by atoms with van der Waals surface area (Å²) in [6.45, 7) is 2.94. The molecule has 0 saturated carbocycles. The molecule has 1 atom stereocenters. The first-order valence-electron chi connectivity index (χ1n) is 9.49. The fourth-order valence-electron chi connectivity index (χ4n) is 2.64. The molecule has 0 aromatic carbocycles. The number of halogens is 4. The standard InChI is InChI=1S/C20H16ClF3N6O3S/c1-9(27-17(32)13-4-3-5-15(29-13)28-10(2)31)19-26-8-14(34-19)18(33)30-16-6-11(20(22,23)24)12(21)7-25-16/h3-9H,1-2H3,(H,27,32)(H,25,30,33)(H,28,29,31). The van der Waals surface area contributed by atoms with E-state index in [0.29, 0.717) is 11.1 Å². The van der Waals surface area contributed by atoms with Crippen molar-refractivity contribution in [1.29, 1.82) is 0 Å². The molecule has 3 aromatic rings. The minimum atomic E-state index is -4.71. The number of alkyl halides is 3. The van der Waals surface area contributed by atoms with E-state index >= 15 is 0 Å². The van der Waals surface area contributed by atoms with E-state index < -0.39 is 34.6 Å². The molecule has 0 aliphatic rings. The number of thiazole rings is 1. The lowest BCUT2D eigenvalue weighted by atomic mass is 10.2. The summed E-state index contributed by atoms with van der Waals surface area (Å²) in [6, 6.07) is 4.56. The van der Waals surface area contributed by atoms with Crippen molar-refractivity contribution in [3.05, 3.63) is 62.8 Å². The van der Waals surface area contributed by atoms with E-state index in [2.05, 4.69) is 30.9 Å². The Labute approximate surface area is 199 Å². The van der Waals surface area contributed by atoms with Crippen molar-refractivity contribution in [2.75, 3.05) is 10.6 Å². The minimum Gasteiger partial charge on any atom is -0.342 e. The van der Waals surface area contributed by atoms with E-state index in [4.69, 9.17) is 11.6 Å². The number of hydrogen-bond donors (Lipinski definition) is 3. The molecule has 3 heterocycles. The fourth-order valence-corrected chi connectivity index (χ4v) is 3.66. The van der Waals surface area contributed by atoms with E-state index in [1.54, 1.807) is 13.0 Å². The highest BCUT2D eigenvalue weighted by Crippen LogP contribution is 2.35. The van der Waals surface area contributed by atoms with Crippen LogP contribution < -0.4 is 16.0 Å². The zero-order valence-corrected chi connectivity index (χ0v) is 19.1. The van der Waals surface area contributed by atoms with Crippen LogP contribution in [0.1, 0.15) is 50.6 Å². The molecule has 34 heavy (non-hydrogen) atoms. The molecule has 0 radical (unpaired) electrons. The monoisotopic (exact) mass is 512 g/mol. The Hall–Kier alpha value is -3.58. The second-order valence-corrected chi connectivity index (χ2v) is 8.32. The number of amides is 3. The first-order valence-corrected chi connectivity index (χ1v) is 10.7. The molecule has 0 fully saturated rings. The molecule has 1 unspecified atom stereocenters. The Bertz CT molecular complexity index is 1250. The quantitative estimate of drug-likeness (QED) is 0.452. The molecule has 0 bridgehead atoms. The molecular formula is C20H16ClF3N6O3S. The first-order chi connectivity index (χ1) is 15.9. The van der Waals surface area contributed by atoms with E-state index in [1.807, 2.05) is 0 Å². The second kappa shape index (κ2) is 10.1. The summed E-state index contributed by atoms with van der Waals surface area (Å²) < 4.78 is 39.0. The van der Waals surface area contributed by atoms with Crippen molar-refractivity contribution >= 4 is 52.3 Å². The average molecular weight is 513 g/mol. The lowest BCUT2D eigenvalue weighted by molar-refractivity contribution is -0.137. The molecule has 3 aromatic heterocycles. The van der Waals surface area contributed by atoms with Gasteiger partial charge >= 0.3 is 6.18 Å². The summed E-state index contributed by atoms with van der Waals surface area (Å²) >= 11 is 6.47. The van der Waals surface area contributed by atoms with E-state index in [9.17, 15) is 27.6 Å². The summed E-state index contributed by atoms with van der Waals surface area (Å²) in [5.41, 5.74) is -1.07. The largest absolute Gasteiger partial charge is 0.418 e. The van der Waals surface area contributed by atoms with Gasteiger partial charge in [-0.1, -0.05) is 17.7 Å². The summed E-state index contributed by atoms with van der Waals surface area (Å²) in [4.78, 5) is 48.0. The lowest BCUT2D eigenvalue weighted by Gasteiger charge is -2.11. The number of carbonyl (C=O) groups excluding carboxylic acids is 3. The van der Waals surface area contributed by atoms with Gasteiger partial charge in [-0.05, 0) is 25.1 Å². The van der Waals surface area contributed by atoms with Gasteiger partial charge < -0.3 is 16.0 Å². The average Bonchev–Trinajstić information content (AvgIpc) is 3.24. The molecule has 0 saturated heterocycles. The molecular weight excluding hydrogens is 497 g/mol. The van der Waals surface area contributed by atoms with Gasteiger partial charge in [-0.15, -0.1) is 11.3 Å². The van der Waals surface area contributed by atoms with Crippen LogP contribution in [0, 0.1) is 0 Å². The van der Waals surface area contributed by atoms with Crippen molar-refractivity contribution in [2.24, 2.45) is 0 Å². The molecule has 0 aliphatic heterocycles. The number of pyridine rings is 2. The van der Waals surface area contributed by atoms with Gasteiger partial charge in [0.1, 0.15) is 27.2 Å². The Morgan fingerprint density at radius 1 is 1.06 bits per heavy atom. The van der Waals surface area contributed by atoms with Crippen LogP contribution in [0.15, 0.2) is 36.7 Å². The van der Waals surface area contributed by atoms with Crippen LogP contribution in [0.3, 0.4) is 0 Å². The van der Waals surface area contributed by atoms with Gasteiger partial charge in [-0.3, -0.25) is 14.4 Å². The van der Waals surface area contributed by atoms with Crippen molar-refractivity contribution in [3.8, 4) is 0 Å². The Balaban J connectivity index is 1.67. The van der Waals surface area contributed by atoms with E-state index in [1.165, 1.54) is 25.3 Å². The van der Waals surface area contributed by atoms with Crippen LogP contribution >= 0.6 is 22.9 Å². The van der Waals surface area contributed by atoms with E-state index in [-0.39, 0.29) is 28.1 Å². The third-order valence-electron chi connectivity index (χ3n) is 4.15. The summed E-state index contributed by atoms with van der Waals surface area (Å²) in [7, 11) is 0. The summed E-state index contributed by atoms with van der Waals surface area (Å²) in [6.07, 6.45) is -2.68. The van der Waals surface area contributed by atoms with Gasteiger partial charge in [0, 0.05) is 13.1 Å². The first kappa shape index (κ1) is 25.1. The predicted octanol–water partition coefficient (Wildman–Crippen LogP) is 4.31. The van der Waals surface area contributed by atoms with Crippen LogP contribution in [0.2, 0.25) is 5.02 Å². The predicted molar refractivity (Wildman–Crippen MR) is 119 cm³/mol.